The van der Waals surface area contributed by atoms with Crippen LogP contribution in [0.2, 0.25) is 5.02 Å². The molecule has 0 spiro atoms. The van der Waals surface area contributed by atoms with Gasteiger partial charge in [0.2, 0.25) is 0 Å². The number of urea groups is 1. The molecule has 0 saturated carbocycles. The van der Waals surface area contributed by atoms with Crippen molar-refractivity contribution >= 4 is 34.7 Å². The number of nitrogens with zero attached hydrogens (tertiary/aromatic N) is 2. The van der Waals surface area contributed by atoms with Gasteiger partial charge in [0.15, 0.2) is 0 Å². The van der Waals surface area contributed by atoms with Crippen LogP contribution in [0.5, 0.6) is 11.5 Å². The topological polar surface area (TPSA) is 55.7 Å². The van der Waals surface area contributed by atoms with E-state index in [2.05, 4.69) is 28.2 Å². The number of ether oxygens (including phenoxy) is 2. The second-order valence-corrected chi connectivity index (χ2v) is 10.9. The highest BCUT2D eigenvalue weighted by atomic mass is 35.5. The van der Waals surface area contributed by atoms with E-state index in [1.54, 1.807) is 26.4 Å². The number of amides is 2. The summed E-state index contributed by atoms with van der Waals surface area (Å²) in [6, 6.07) is 16.8. The lowest BCUT2D eigenvalue weighted by Crippen LogP contribution is -2.38. The number of fused-ring (bicyclic) bond motifs is 5. The van der Waals surface area contributed by atoms with Crippen LogP contribution in [-0.2, 0) is 19.4 Å². The summed E-state index contributed by atoms with van der Waals surface area (Å²) in [5.41, 5.74) is 5.21. The molecule has 6 rings (SSSR count). The van der Waals surface area contributed by atoms with Crippen molar-refractivity contribution in [2.24, 2.45) is 0 Å². The molecule has 37 heavy (non-hydrogen) atoms. The molecule has 1 aliphatic heterocycles. The minimum Gasteiger partial charge on any atom is -0.497 e. The molecule has 1 N–H and O–H groups in total. The van der Waals surface area contributed by atoms with E-state index < -0.39 is 0 Å². The fourth-order valence-corrected chi connectivity index (χ4v) is 7.12. The number of hydrogen-bond donors (Lipinski definition) is 1. The highest BCUT2D eigenvalue weighted by Crippen LogP contribution is 2.44. The summed E-state index contributed by atoms with van der Waals surface area (Å²) >= 11 is 8.31. The summed E-state index contributed by atoms with van der Waals surface area (Å²) in [6.07, 6.45) is 6.67. The number of rotatable bonds is 4. The highest BCUT2D eigenvalue weighted by Gasteiger charge is 2.36. The molecule has 4 aromatic rings. The molecule has 6 nitrogen and oxygen atoms in total. The summed E-state index contributed by atoms with van der Waals surface area (Å²) in [6.45, 7) is 0.498. The predicted molar refractivity (Wildman–Crippen MR) is 148 cm³/mol. The number of anilines is 1. The van der Waals surface area contributed by atoms with Gasteiger partial charge >= 0.3 is 6.03 Å². The maximum absolute atomic E-state index is 14.2. The van der Waals surface area contributed by atoms with Crippen LogP contribution < -0.4 is 14.8 Å². The van der Waals surface area contributed by atoms with E-state index in [0.29, 0.717) is 28.8 Å². The second-order valence-electron chi connectivity index (χ2n) is 9.38. The minimum absolute atomic E-state index is 0.215. The first-order valence-corrected chi connectivity index (χ1v) is 13.6. The number of carbonyl (C=O) groups is 1. The minimum atomic E-state index is -0.329. The van der Waals surface area contributed by atoms with E-state index in [1.165, 1.54) is 33.8 Å². The third-order valence-electron chi connectivity index (χ3n) is 7.25. The molecule has 3 heterocycles. The Morgan fingerprint density at radius 2 is 1.89 bits per heavy atom. The van der Waals surface area contributed by atoms with Gasteiger partial charge in [-0.05, 0) is 73.2 Å². The number of aryl methyl sites for hydroxylation is 1. The summed E-state index contributed by atoms with van der Waals surface area (Å²) < 4.78 is 13.2. The average Bonchev–Trinajstić information content (AvgIpc) is 3.50. The number of nitrogens with one attached hydrogen (secondary N) is 1. The van der Waals surface area contributed by atoms with E-state index in [0.717, 1.165) is 24.1 Å². The normalized spacial score (nSPS) is 16.3. The van der Waals surface area contributed by atoms with Crippen molar-refractivity contribution < 1.29 is 14.3 Å². The molecule has 2 amide bonds. The summed E-state index contributed by atoms with van der Waals surface area (Å²) in [4.78, 5) is 17.5. The zero-order valence-corrected chi connectivity index (χ0v) is 22.4. The quantitative estimate of drug-likeness (QED) is 0.301. The van der Waals surface area contributed by atoms with Crippen LogP contribution in [0.15, 0.2) is 60.8 Å². The van der Waals surface area contributed by atoms with Gasteiger partial charge in [0.25, 0.3) is 0 Å². The number of halogens is 1. The molecule has 0 radical (unpaired) electrons. The van der Waals surface area contributed by atoms with Crippen molar-refractivity contribution in [3.63, 3.8) is 0 Å². The monoisotopic (exact) mass is 533 g/mol. The lowest BCUT2D eigenvalue weighted by Gasteiger charge is -2.31. The first-order valence-electron chi connectivity index (χ1n) is 12.4. The Bertz CT molecular complexity index is 1480. The predicted octanol–water partition coefficient (Wildman–Crippen LogP) is 7.23. The van der Waals surface area contributed by atoms with Crippen LogP contribution in [0, 0.1) is 0 Å². The van der Waals surface area contributed by atoms with Gasteiger partial charge in [0.1, 0.15) is 16.5 Å². The number of carbonyl (C=O) groups excluding carboxylic acids is 1. The maximum atomic E-state index is 14.2. The third kappa shape index (κ3) is 4.26. The van der Waals surface area contributed by atoms with Crippen molar-refractivity contribution in [2.45, 2.75) is 38.3 Å². The van der Waals surface area contributed by atoms with Gasteiger partial charge in [-0.2, -0.15) is 0 Å². The lowest BCUT2D eigenvalue weighted by atomic mass is 9.95. The first kappa shape index (κ1) is 23.9. The Kier molecular flexibility index (Phi) is 6.34. The van der Waals surface area contributed by atoms with Crippen LogP contribution in [0.4, 0.5) is 10.5 Å². The standard InChI is InChI=1S/C29H28ClN3O3S/c1-35-20-12-13-25(36-2)23(16-20)31-29(34)33-17-22-21-9-3-4-11-26(21)37-28(22)32-14-6-10-24(32)27(33)18-7-5-8-19(30)15-18/h5-8,10,12-16,27H,3-4,9,11,17H2,1-2H3,(H,31,34). The molecule has 0 saturated heterocycles. The lowest BCUT2D eigenvalue weighted by molar-refractivity contribution is 0.194. The van der Waals surface area contributed by atoms with E-state index in [9.17, 15) is 4.79 Å². The molecule has 2 aromatic heterocycles. The third-order valence-corrected chi connectivity index (χ3v) is 8.82. The van der Waals surface area contributed by atoms with Gasteiger partial charge in [0, 0.05) is 27.7 Å². The summed E-state index contributed by atoms with van der Waals surface area (Å²) in [5, 5.41) is 4.97. The molecule has 1 aliphatic carbocycles. The maximum Gasteiger partial charge on any atom is 0.323 e. The molecule has 2 aromatic carbocycles. The molecule has 0 bridgehead atoms. The van der Waals surface area contributed by atoms with Crippen LogP contribution in [0.1, 0.15) is 46.1 Å². The van der Waals surface area contributed by atoms with Crippen molar-refractivity contribution in [2.75, 3.05) is 19.5 Å². The highest BCUT2D eigenvalue weighted by molar-refractivity contribution is 7.15. The fourth-order valence-electron chi connectivity index (χ4n) is 5.51. The number of hydrogen-bond acceptors (Lipinski definition) is 4. The molecular formula is C29H28ClN3O3S. The van der Waals surface area contributed by atoms with Crippen LogP contribution >= 0.6 is 22.9 Å². The summed E-state index contributed by atoms with van der Waals surface area (Å²) in [5.74, 6) is 1.21. The van der Waals surface area contributed by atoms with E-state index in [-0.39, 0.29) is 12.1 Å². The Hall–Kier alpha value is -3.42. The van der Waals surface area contributed by atoms with E-state index in [4.69, 9.17) is 21.1 Å². The SMILES string of the molecule is COc1ccc(OC)c(NC(=O)N2Cc3c(sc4c3CCCC4)-n3cccc3C2c2cccc(Cl)c2)c1. The molecule has 1 unspecified atom stereocenters. The average molecular weight is 534 g/mol. The van der Waals surface area contributed by atoms with Gasteiger partial charge < -0.3 is 24.3 Å². The van der Waals surface area contributed by atoms with Gasteiger partial charge in [0.05, 0.1) is 38.2 Å². The Balaban J connectivity index is 1.49. The van der Waals surface area contributed by atoms with Gasteiger partial charge in [-0.25, -0.2) is 4.79 Å². The second kappa shape index (κ2) is 9.80. The van der Waals surface area contributed by atoms with Gasteiger partial charge in [-0.15, -0.1) is 11.3 Å². The largest absolute Gasteiger partial charge is 0.497 e. The number of benzene rings is 2. The smallest absolute Gasteiger partial charge is 0.323 e. The zero-order chi connectivity index (χ0) is 25.5. The molecule has 0 fully saturated rings. The van der Waals surface area contributed by atoms with Gasteiger partial charge in [-0.3, -0.25) is 0 Å². The fraction of sp³-hybridized carbons (Fsp3) is 0.276. The molecule has 1 atom stereocenters. The van der Waals surface area contributed by atoms with Crippen molar-refractivity contribution in [1.29, 1.82) is 0 Å². The number of methoxy groups -OCH3 is 2. The van der Waals surface area contributed by atoms with E-state index >= 15 is 0 Å². The molecule has 2 aliphatic rings. The Labute approximate surface area is 225 Å². The van der Waals surface area contributed by atoms with Crippen molar-refractivity contribution in [1.82, 2.24) is 9.47 Å². The van der Waals surface area contributed by atoms with Crippen molar-refractivity contribution in [3.05, 3.63) is 93.1 Å². The summed E-state index contributed by atoms with van der Waals surface area (Å²) in [7, 11) is 3.20. The zero-order valence-electron chi connectivity index (χ0n) is 20.8. The number of thiophene rings is 1. The number of aromatic nitrogens is 1. The van der Waals surface area contributed by atoms with Crippen LogP contribution in [-0.4, -0.2) is 29.7 Å². The van der Waals surface area contributed by atoms with Crippen molar-refractivity contribution in [3.8, 4) is 16.5 Å². The molecular weight excluding hydrogens is 506 g/mol. The Morgan fingerprint density at radius 1 is 1.03 bits per heavy atom. The van der Waals surface area contributed by atoms with Gasteiger partial charge in [-0.1, -0.05) is 23.7 Å². The van der Waals surface area contributed by atoms with E-state index in [1.807, 2.05) is 46.6 Å². The first-order chi connectivity index (χ1) is 18.1. The molecule has 190 valence electrons. The Morgan fingerprint density at radius 3 is 2.70 bits per heavy atom. The van der Waals surface area contributed by atoms with Crippen LogP contribution in [0.25, 0.3) is 5.00 Å². The molecule has 8 heteroatoms. The van der Waals surface area contributed by atoms with Crippen LogP contribution in [0.3, 0.4) is 0 Å².